The standard InChI is InChI=1S/C23H25BrN6/c24-20-6-4-18(5-7-20)16-28-10-8-21-19(17-28)15-26-23(27-21)30-13-11-29(12-14-30)22-3-1-2-9-25-22/h1-7,9,15H,8,10-14,16-17H2. The van der Waals surface area contributed by atoms with Gasteiger partial charge in [0, 0.05) is 74.7 Å². The molecule has 3 aromatic rings. The highest BCUT2D eigenvalue weighted by Crippen LogP contribution is 2.22. The van der Waals surface area contributed by atoms with Crippen LogP contribution in [-0.2, 0) is 19.5 Å². The van der Waals surface area contributed by atoms with Gasteiger partial charge in [-0.15, -0.1) is 0 Å². The van der Waals surface area contributed by atoms with Crippen molar-refractivity contribution in [1.82, 2.24) is 19.9 Å². The number of pyridine rings is 1. The molecule has 0 atom stereocenters. The Balaban J connectivity index is 1.21. The molecule has 0 aliphatic carbocycles. The van der Waals surface area contributed by atoms with Gasteiger partial charge in [-0.2, -0.15) is 0 Å². The maximum absolute atomic E-state index is 4.94. The van der Waals surface area contributed by atoms with E-state index in [1.165, 1.54) is 16.8 Å². The molecule has 2 aromatic heterocycles. The fourth-order valence-corrected chi connectivity index (χ4v) is 4.44. The molecular weight excluding hydrogens is 440 g/mol. The highest BCUT2D eigenvalue weighted by atomic mass is 79.9. The van der Waals surface area contributed by atoms with Crippen molar-refractivity contribution in [3.8, 4) is 0 Å². The summed E-state index contributed by atoms with van der Waals surface area (Å²) < 4.78 is 1.12. The maximum Gasteiger partial charge on any atom is 0.225 e. The van der Waals surface area contributed by atoms with E-state index in [1.54, 1.807) is 0 Å². The van der Waals surface area contributed by atoms with Crippen LogP contribution in [0.3, 0.4) is 0 Å². The topological polar surface area (TPSA) is 48.4 Å². The number of hydrogen-bond acceptors (Lipinski definition) is 6. The second-order valence-corrected chi connectivity index (χ2v) is 8.81. The van der Waals surface area contributed by atoms with Crippen molar-refractivity contribution < 1.29 is 0 Å². The van der Waals surface area contributed by atoms with E-state index in [9.17, 15) is 0 Å². The number of nitrogens with zero attached hydrogens (tertiary/aromatic N) is 6. The minimum atomic E-state index is 0.871. The Labute approximate surface area is 185 Å². The lowest BCUT2D eigenvalue weighted by atomic mass is 10.1. The Morgan fingerprint density at radius 3 is 2.43 bits per heavy atom. The Morgan fingerprint density at radius 1 is 0.867 bits per heavy atom. The number of halogens is 1. The molecular formula is C23H25BrN6. The Hall–Kier alpha value is -2.51. The average molecular weight is 465 g/mol. The van der Waals surface area contributed by atoms with Gasteiger partial charge in [0.05, 0.1) is 5.69 Å². The van der Waals surface area contributed by atoms with Crippen molar-refractivity contribution in [3.63, 3.8) is 0 Å². The van der Waals surface area contributed by atoms with Crippen LogP contribution < -0.4 is 9.80 Å². The monoisotopic (exact) mass is 464 g/mol. The lowest BCUT2D eigenvalue weighted by Crippen LogP contribution is -2.47. The maximum atomic E-state index is 4.94. The van der Waals surface area contributed by atoms with E-state index in [1.807, 2.05) is 24.5 Å². The molecule has 2 aliphatic rings. The van der Waals surface area contributed by atoms with E-state index in [0.717, 1.165) is 68.5 Å². The minimum Gasteiger partial charge on any atom is -0.353 e. The van der Waals surface area contributed by atoms with Crippen LogP contribution in [0.15, 0.2) is 59.3 Å². The van der Waals surface area contributed by atoms with E-state index in [0.29, 0.717) is 0 Å². The van der Waals surface area contributed by atoms with Gasteiger partial charge in [0.15, 0.2) is 0 Å². The lowest BCUT2D eigenvalue weighted by molar-refractivity contribution is 0.243. The van der Waals surface area contributed by atoms with Gasteiger partial charge in [0.25, 0.3) is 0 Å². The van der Waals surface area contributed by atoms with E-state index in [-0.39, 0.29) is 0 Å². The molecule has 7 heteroatoms. The third kappa shape index (κ3) is 4.32. The average Bonchev–Trinajstić information content (AvgIpc) is 2.81. The molecule has 2 aliphatic heterocycles. The van der Waals surface area contributed by atoms with E-state index in [2.05, 4.69) is 65.9 Å². The molecule has 30 heavy (non-hydrogen) atoms. The highest BCUT2D eigenvalue weighted by molar-refractivity contribution is 9.10. The largest absolute Gasteiger partial charge is 0.353 e. The van der Waals surface area contributed by atoms with Gasteiger partial charge in [-0.3, -0.25) is 4.90 Å². The number of anilines is 2. The molecule has 0 radical (unpaired) electrons. The summed E-state index contributed by atoms with van der Waals surface area (Å²) >= 11 is 3.51. The summed E-state index contributed by atoms with van der Waals surface area (Å²) in [5.74, 6) is 1.92. The molecule has 0 N–H and O–H groups in total. The highest BCUT2D eigenvalue weighted by Gasteiger charge is 2.23. The normalized spacial score (nSPS) is 17.1. The van der Waals surface area contributed by atoms with Gasteiger partial charge in [-0.25, -0.2) is 15.0 Å². The third-order valence-electron chi connectivity index (χ3n) is 5.86. The SMILES string of the molecule is Brc1ccc(CN2CCc3nc(N4CCN(c5ccccn5)CC4)ncc3C2)cc1. The zero-order chi connectivity index (χ0) is 20.3. The number of fused-ring (bicyclic) bond motifs is 1. The van der Waals surface area contributed by atoms with Gasteiger partial charge >= 0.3 is 0 Å². The van der Waals surface area contributed by atoms with Gasteiger partial charge in [0.1, 0.15) is 5.82 Å². The number of hydrogen-bond donors (Lipinski definition) is 0. The first-order valence-electron chi connectivity index (χ1n) is 10.5. The van der Waals surface area contributed by atoms with E-state index in [4.69, 9.17) is 9.97 Å². The summed E-state index contributed by atoms with van der Waals surface area (Å²) in [6, 6.07) is 14.7. The summed E-state index contributed by atoms with van der Waals surface area (Å²) in [6.45, 7) is 6.64. The second kappa shape index (κ2) is 8.70. The summed E-state index contributed by atoms with van der Waals surface area (Å²) in [5, 5.41) is 0. The smallest absolute Gasteiger partial charge is 0.225 e. The van der Waals surface area contributed by atoms with Crippen molar-refractivity contribution in [2.24, 2.45) is 0 Å². The summed E-state index contributed by atoms with van der Waals surface area (Å²) in [5.41, 5.74) is 3.80. The summed E-state index contributed by atoms with van der Waals surface area (Å²) in [6.07, 6.45) is 4.88. The van der Waals surface area contributed by atoms with Crippen LogP contribution in [0.1, 0.15) is 16.8 Å². The van der Waals surface area contributed by atoms with Crippen molar-refractivity contribution in [2.45, 2.75) is 19.5 Å². The van der Waals surface area contributed by atoms with Crippen LogP contribution >= 0.6 is 15.9 Å². The van der Waals surface area contributed by atoms with Crippen molar-refractivity contribution >= 4 is 27.7 Å². The zero-order valence-electron chi connectivity index (χ0n) is 16.9. The predicted octanol–water partition coefficient (Wildman–Crippen LogP) is 3.52. The molecule has 6 nitrogen and oxygen atoms in total. The summed E-state index contributed by atoms with van der Waals surface area (Å²) in [7, 11) is 0. The molecule has 5 rings (SSSR count). The molecule has 1 aromatic carbocycles. The fourth-order valence-electron chi connectivity index (χ4n) is 4.18. The molecule has 0 bridgehead atoms. The van der Waals surface area contributed by atoms with Crippen LogP contribution in [0.25, 0.3) is 0 Å². The Kier molecular flexibility index (Phi) is 5.64. The lowest BCUT2D eigenvalue weighted by Gasteiger charge is -2.36. The minimum absolute atomic E-state index is 0.871. The van der Waals surface area contributed by atoms with Gasteiger partial charge in [-0.05, 0) is 29.8 Å². The van der Waals surface area contributed by atoms with Crippen molar-refractivity contribution in [1.29, 1.82) is 0 Å². The van der Waals surface area contributed by atoms with Crippen molar-refractivity contribution in [3.05, 3.63) is 76.2 Å². The molecule has 0 unspecified atom stereocenters. The van der Waals surface area contributed by atoms with Crippen LogP contribution in [0.5, 0.6) is 0 Å². The van der Waals surface area contributed by atoms with Crippen LogP contribution in [0, 0.1) is 0 Å². The third-order valence-corrected chi connectivity index (χ3v) is 6.38. The zero-order valence-corrected chi connectivity index (χ0v) is 18.5. The second-order valence-electron chi connectivity index (χ2n) is 7.89. The fraction of sp³-hybridized carbons (Fsp3) is 0.348. The molecule has 1 fully saturated rings. The molecule has 0 spiro atoms. The number of piperazine rings is 1. The molecule has 4 heterocycles. The first-order valence-corrected chi connectivity index (χ1v) is 11.3. The number of rotatable bonds is 4. The van der Waals surface area contributed by atoms with E-state index >= 15 is 0 Å². The van der Waals surface area contributed by atoms with Gasteiger partial charge < -0.3 is 9.80 Å². The number of aromatic nitrogens is 3. The Morgan fingerprint density at radius 2 is 1.67 bits per heavy atom. The Bertz CT molecular complexity index is 986. The van der Waals surface area contributed by atoms with E-state index < -0.39 is 0 Å². The predicted molar refractivity (Wildman–Crippen MR) is 123 cm³/mol. The molecule has 0 saturated carbocycles. The van der Waals surface area contributed by atoms with Gasteiger partial charge in [-0.1, -0.05) is 34.1 Å². The van der Waals surface area contributed by atoms with Crippen LogP contribution in [0.2, 0.25) is 0 Å². The first-order chi connectivity index (χ1) is 14.7. The quantitative estimate of drug-likeness (QED) is 0.588. The molecule has 1 saturated heterocycles. The molecule has 154 valence electrons. The summed E-state index contributed by atoms with van der Waals surface area (Å²) in [4.78, 5) is 21.2. The van der Waals surface area contributed by atoms with Gasteiger partial charge in [0.2, 0.25) is 5.95 Å². The molecule has 0 amide bonds. The van der Waals surface area contributed by atoms with Crippen molar-refractivity contribution in [2.75, 3.05) is 42.5 Å². The van der Waals surface area contributed by atoms with Crippen LogP contribution in [-0.4, -0.2) is 52.6 Å². The number of benzene rings is 1. The first kappa shape index (κ1) is 19.5. The van der Waals surface area contributed by atoms with Crippen LogP contribution in [0.4, 0.5) is 11.8 Å².